The lowest BCUT2D eigenvalue weighted by Gasteiger charge is -2.17. The van der Waals surface area contributed by atoms with E-state index in [0.717, 1.165) is 31.5 Å². The van der Waals surface area contributed by atoms with Gasteiger partial charge in [0.1, 0.15) is 0 Å². The van der Waals surface area contributed by atoms with E-state index in [1.165, 1.54) is 6.20 Å². The van der Waals surface area contributed by atoms with Crippen molar-refractivity contribution in [3.8, 4) is 0 Å². The van der Waals surface area contributed by atoms with Gasteiger partial charge in [0, 0.05) is 19.6 Å². The highest BCUT2D eigenvalue weighted by Crippen LogP contribution is 2.20. The van der Waals surface area contributed by atoms with Gasteiger partial charge < -0.3 is 15.3 Å². The van der Waals surface area contributed by atoms with Gasteiger partial charge in [0.25, 0.3) is 5.91 Å². The van der Waals surface area contributed by atoms with Gasteiger partial charge in [-0.2, -0.15) is 0 Å². The molecule has 2 heterocycles. The van der Waals surface area contributed by atoms with E-state index in [4.69, 9.17) is 11.6 Å². The molecule has 2 aromatic rings. The van der Waals surface area contributed by atoms with Crippen molar-refractivity contribution in [2.75, 3.05) is 24.5 Å². The summed E-state index contributed by atoms with van der Waals surface area (Å²) < 4.78 is 0. The molecule has 8 heteroatoms. The van der Waals surface area contributed by atoms with Crippen molar-refractivity contribution in [1.82, 2.24) is 15.3 Å². The number of carboxylic acid groups (broad SMARTS) is 1. The quantitative estimate of drug-likeness (QED) is 0.756. The lowest BCUT2D eigenvalue weighted by molar-refractivity contribution is -0.141. The molecule has 0 unspecified atom stereocenters. The van der Waals surface area contributed by atoms with E-state index in [2.05, 4.69) is 15.3 Å². The predicted molar refractivity (Wildman–Crippen MR) is 102 cm³/mol. The summed E-state index contributed by atoms with van der Waals surface area (Å²) in [5, 5.41) is 12.2. The predicted octanol–water partition coefficient (Wildman–Crippen LogP) is 2.40. The van der Waals surface area contributed by atoms with Crippen LogP contribution in [0, 0.1) is 5.92 Å². The number of halogens is 1. The number of benzene rings is 1. The van der Waals surface area contributed by atoms with Gasteiger partial charge in [-0.05, 0) is 24.8 Å². The number of anilines is 1. The van der Waals surface area contributed by atoms with Crippen LogP contribution in [0.4, 0.5) is 5.95 Å². The van der Waals surface area contributed by atoms with E-state index in [1.807, 2.05) is 35.2 Å². The summed E-state index contributed by atoms with van der Waals surface area (Å²) in [6, 6.07) is 9.31. The molecule has 0 bridgehead atoms. The Kier molecular flexibility index (Phi) is 6.24. The molecule has 2 N–H and O–H groups in total. The molecular weight excluding hydrogens is 368 g/mol. The molecule has 142 valence electrons. The molecule has 1 aliphatic heterocycles. The van der Waals surface area contributed by atoms with Crippen LogP contribution < -0.4 is 10.2 Å². The van der Waals surface area contributed by atoms with Crippen LogP contribution in [-0.2, 0) is 11.2 Å². The molecule has 1 aromatic heterocycles. The van der Waals surface area contributed by atoms with Gasteiger partial charge in [-0.15, -0.1) is 0 Å². The maximum absolute atomic E-state index is 12.5. The maximum atomic E-state index is 12.5. The van der Waals surface area contributed by atoms with Crippen molar-refractivity contribution in [3.05, 3.63) is 52.8 Å². The summed E-state index contributed by atoms with van der Waals surface area (Å²) in [5.41, 5.74) is 0.966. The molecule has 1 saturated heterocycles. The zero-order valence-corrected chi connectivity index (χ0v) is 15.5. The molecule has 27 heavy (non-hydrogen) atoms. The fraction of sp³-hybridized carbons (Fsp3) is 0.368. The number of aromatic nitrogens is 2. The standard InChI is InChI=1S/C19H21ClN4O3/c20-15-12-22-19(24-8-4-5-9-24)23-16(15)17(25)21-11-14(18(26)27)10-13-6-2-1-3-7-13/h1-3,6-7,12,14H,4-5,8-11H2,(H,21,25)(H,26,27)/t14-/m0/s1. The molecule has 1 aromatic carbocycles. The lowest BCUT2D eigenvalue weighted by atomic mass is 9.99. The number of carboxylic acids is 1. The van der Waals surface area contributed by atoms with Crippen molar-refractivity contribution in [3.63, 3.8) is 0 Å². The van der Waals surface area contributed by atoms with Gasteiger partial charge in [0.15, 0.2) is 5.69 Å². The minimum absolute atomic E-state index is 0.0115. The van der Waals surface area contributed by atoms with Crippen LogP contribution in [0.1, 0.15) is 28.9 Å². The second-order valence-corrected chi connectivity index (χ2v) is 6.90. The van der Waals surface area contributed by atoms with Gasteiger partial charge in [0.2, 0.25) is 5.95 Å². The Bertz CT molecular complexity index is 810. The van der Waals surface area contributed by atoms with Crippen molar-refractivity contribution in [2.45, 2.75) is 19.3 Å². The number of carbonyl (C=O) groups excluding carboxylic acids is 1. The molecule has 0 spiro atoms. The minimum Gasteiger partial charge on any atom is -0.481 e. The van der Waals surface area contributed by atoms with Crippen LogP contribution in [0.2, 0.25) is 5.02 Å². The van der Waals surface area contributed by atoms with Crippen LogP contribution in [0.5, 0.6) is 0 Å². The number of nitrogens with zero attached hydrogens (tertiary/aromatic N) is 3. The summed E-state index contributed by atoms with van der Waals surface area (Å²) in [6.45, 7) is 1.68. The lowest BCUT2D eigenvalue weighted by Crippen LogP contribution is -2.35. The SMILES string of the molecule is O=C(NC[C@H](Cc1ccccc1)C(=O)O)c1nc(N2CCCC2)ncc1Cl. The first-order chi connectivity index (χ1) is 13.0. The van der Waals surface area contributed by atoms with Gasteiger partial charge in [-0.1, -0.05) is 41.9 Å². The van der Waals surface area contributed by atoms with Crippen molar-refractivity contribution >= 4 is 29.4 Å². The summed E-state index contributed by atoms with van der Waals surface area (Å²) in [6.07, 6.45) is 3.86. The first-order valence-electron chi connectivity index (χ1n) is 8.87. The first kappa shape index (κ1) is 19.1. The molecule has 1 fully saturated rings. The molecule has 0 aliphatic carbocycles. The Balaban J connectivity index is 1.66. The summed E-state index contributed by atoms with van der Waals surface area (Å²) in [4.78, 5) is 34.5. The average Bonchev–Trinajstić information content (AvgIpc) is 3.20. The molecule has 1 amide bonds. The summed E-state index contributed by atoms with van der Waals surface area (Å²) in [7, 11) is 0. The molecule has 0 radical (unpaired) electrons. The van der Waals surface area contributed by atoms with Crippen LogP contribution >= 0.6 is 11.6 Å². The van der Waals surface area contributed by atoms with Crippen LogP contribution in [0.15, 0.2) is 36.5 Å². The highest BCUT2D eigenvalue weighted by Gasteiger charge is 2.22. The van der Waals surface area contributed by atoms with E-state index >= 15 is 0 Å². The van der Waals surface area contributed by atoms with E-state index < -0.39 is 17.8 Å². The number of hydrogen-bond acceptors (Lipinski definition) is 5. The van der Waals surface area contributed by atoms with E-state index in [-0.39, 0.29) is 17.3 Å². The van der Waals surface area contributed by atoms with E-state index in [9.17, 15) is 14.7 Å². The smallest absolute Gasteiger partial charge is 0.308 e. The number of rotatable bonds is 7. The Morgan fingerprint density at radius 2 is 1.93 bits per heavy atom. The molecular formula is C19H21ClN4O3. The largest absolute Gasteiger partial charge is 0.481 e. The van der Waals surface area contributed by atoms with Gasteiger partial charge in [-0.25, -0.2) is 9.97 Å². The second-order valence-electron chi connectivity index (χ2n) is 6.50. The third kappa shape index (κ3) is 4.95. The van der Waals surface area contributed by atoms with Crippen LogP contribution in [0.3, 0.4) is 0 Å². The van der Waals surface area contributed by atoms with E-state index in [0.29, 0.717) is 12.4 Å². The average molecular weight is 389 g/mol. The zero-order valence-electron chi connectivity index (χ0n) is 14.8. The Labute approximate surface area is 162 Å². The Hall–Kier alpha value is -2.67. The number of nitrogens with one attached hydrogen (secondary N) is 1. The van der Waals surface area contributed by atoms with Crippen molar-refractivity contribution in [1.29, 1.82) is 0 Å². The summed E-state index contributed by atoms with van der Waals surface area (Å²) in [5.74, 6) is -1.73. The Morgan fingerprint density at radius 3 is 2.59 bits per heavy atom. The fourth-order valence-electron chi connectivity index (χ4n) is 3.03. The topological polar surface area (TPSA) is 95.4 Å². The molecule has 1 atom stereocenters. The zero-order chi connectivity index (χ0) is 19.2. The highest BCUT2D eigenvalue weighted by atomic mass is 35.5. The number of amides is 1. The number of aliphatic carboxylic acids is 1. The van der Waals surface area contributed by atoms with Gasteiger partial charge in [-0.3, -0.25) is 9.59 Å². The third-order valence-electron chi connectivity index (χ3n) is 4.52. The molecule has 3 rings (SSSR count). The molecule has 7 nitrogen and oxygen atoms in total. The third-order valence-corrected chi connectivity index (χ3v) is 4.80. The second kappa shape index (κ2) is 8.81. The monoisotopic (exact) mass is 388 g/mol. The van der Waals surface area contributed by atoms with Gasteiger partial charge in [0.05, 0.1) is 17.1 Å². The van der Waals surface area contributed by atoms with Crippen molar-refractivity contribution < 1.29 is 14.7 Å². The number of hydrogen-bond donors (Lipinski definition) is 2. The first-order valence-corrected chi connectivity index (χ1v) is 9.25. The minimum atomic E-state index is -0.967. The van der Waals surface area contributed by atoms with E-state index in [1.54, 1.807) is 0 Å². The van der Waals surface area contributed by atoms with Crippen LogP contribution in [0.25, 0.3) is 0 Å². The highest BCUT2D eigenvalue weighted by molar-refractivity contribution is 6.33. The van der Waals surface area contributed by atoms with Crippen LogP contribution in [-0.4, -0.2) is 46.6 Å². The normalized spacial score (nSPS) is 14.8. The summed E-state index contributed by atoms with van der Waals surface area (Å²) >= 11 is 6.08. The maximum Gasteiger partial charge on any atom is 0.308 e. The van der Waals surface area contributed by atoms with Gasteiger partial charge >= 0.3 is 5.97 Å². The molecule has 0 saturated carbocycles. The molecule has 1 aliphatic rings. The Morgan fingerprint density at radius 1 is 1.22 bits per heavy atom. The number of carbonyl (C=O) groups is 2. The fourth-order valence-corrected chi connectivity index (χ4v) is 3.21. The van der Waals surface area contributed by atoms with Crippen molar-refractivity contribution in [2.24, 2.45) is 5.92 Å².